The van der Waals surface area contributed by atoms with Crippen LogP contribution in [0, 0.1) is 11.8 Å². The third kappa shape index (κ3) is 8.60. The topological polar surface area (TPSA) is 70.7 Å². The van der Waals surface area contributed by atoms with E-state index in [2.05, 4.69) is 17.1 Å². The minimum atomic E-state index is -0.182. The lowest BCUT2D eigenvalue weighted by Gasteiger charge is -2.35. The SMILES string of the molecule is CCNC(=NCC1CCCCCCC1)N1CCCC(CC(N)=O)C1.I. The smallest absolute Gasteiger partial charge is 0.217 e. The molecule has 2 rings (SSSR count). The van der Waals surface area contributed by atoms with Crippen molar-refractivity contribution in [1.82, 2.24) is 10.2 Å². The molecule has 2 fully saturated rings. The lowest BCUT2D eigenvalue weighted by molar-refractivity contribution is -0.119. The van der Waals surface area contributed by atoms with Gasteiger partial charge >= 0.3 is 0 Å². The van der Waals surface area contributed by atoms with Gasteiger partial charge in [-0.25, -0.2) is 0 Å². The predicted molar refractivity (Wildman–Crippen MR) is 115 cm³/mol. The third-order valence-corrected chi connectivity index (χ3v) is 5.37. The Labute approximate surface area is 170 Å². The Morgan fingerprint density at radius 1 is 1.08 bits per heavy atom. The summed E-state index contributed by atoms with van der Waals surface area (Å²) in [5.41, 5.74) is 5.38. The van der Waals surface area contributed by atoms with Crippen molar-refractivity contribution in [2.75, 3.05) is 26.2 Å². The first-order valence-electron chi connectivity index (χ1n) is 10.0. The number of rotatable bonds is 5. The van der Waals surface area contributed by atoms with Crippen molar-refractivity contribution < 1.29 is 4.79 Å². The van der Waals surface area contributed by atoms with E-state index in [1.807, 2.05) is 0 Å². The van der Waals surface area contributed by atoms with Crippen LogP contribution in [0.15, 0.2) is 4.99 Å². The van der Waals surface area contributed by atoms with Crippen LogP contribution >= 0.6 is 24.0 Å². The molecule has 5 nitrogen and oxygen atoms in total. The predicted octanol–water partition coefficient (Wildman–Crippen LogP) is 3.52. The summed E-state index contributed by atoms with van der Waals surface area (Å²) >= 11 is 0. The number of primary amides is 1. The molecule has 2 aliphatic rings. The fraction of sp³-hybridized carbons (Fsp3) is 0.895. The second-order valence-electron chi connectivity index (χ2n) is 7.53. The number of amides is 1. The minimum absolute atomic E-state index is 0. The van der Waals surface area contributed by atoms with Crippen molar-refractivity contribution in [1.29, 1.82) is 0 Å². The summed E-state index contributed by atoms with van der Waals surface area (Å²) in [6, 6.07) is 0. The zero-order chi connectivity index (χ0) is 17.2. The molecule has 0 spiro atoms. The first-order chi connectivity index (χ1) is 11.7. The highest BCUT2D eigenvalue weighted by molar-refractivity contribution is 14.0. The average Bonchev–Trinajstić information content (AvgIpc) is 2.52. The van der Waals surface area contributed by atoms with E-state index in [1.165, 1.54) is 44.9 Å². The summed E-state index contributed by atoms with van der Waals surface area (Å²) < 4.78 is 0. The molecule has 0 aromatic carbocycles. The van der Waals surface area contributed by atoms with Gasteiger partial charge in [0.25, 0.3) is 0 Å². The Morgan fingerprint density at radius 2 is 1.72 bits per heavy atom. The van der Waals surface area contributed by atoms with Gasteiger partial charge in [-0.05, 0) is 44.4 Å². The minimum Gasteiger partial charge on any atom is -0.370 e. The molecule has 146 valence electrons. The Balaban J connectivity index is 0.00000312. The summed E-state index contributed by atoms with van der Waals surface area (Å²) in [5.74, 6) is 1.97. The largest absolute Gasteiger partial charge is 0.370 e. The van der Waals surface area contributed by atoms with Gasteiger partial charge in [0.2, 0.25) is 5.91 Å². The average molecular weight is 464 g/mol. The van der Waals surface area contributed by atoms with E-state index in [9.17, 15) is 4.79 Å². The lowest BCUT2D eigenvalue weighted by Crippen LogP contribution is -2.47. The molecule has 3 N–H and O–H groups in total. The van der Waals surface area contributed by atoms with Gasteiger partial charge in [0.05, 0.1) is 0 Å². The number of piperidine rings is 1. The summed E-state index contributed by atoms with van der Waals surface area (Å²) in [6.07, 6.45) is 12.3. The molecule has 1 atom stereocenters. The highest BCUT2D eigenvalue weighted by atomic mass is 127. The zero-order valence-corrected chi connectivity index (χ0v) is 18.2. The Morgan fingerprint density at radius 3 is 2.36 bits per heavy atom. The fourth-order valence-electron chi connectivity index (χ4n) is 4.07. The van der Waals surface area contributed by atoms with E-state index in [0.29, 0.717) is 12.3 Å². The highest BCUT2D eigenvalue weighted by Gasteiger charge is 2.23. The van der Waals surface area contributed by atoms with Crippen molar-refractivity contribution >= 4 is 35.8 Å². The van der Waals surface area contributed by atoms with Crippen molar-refractivity contribution in [3.8, 4) is 0 Å². The number of guanidine groups is 1. The van der Waals surface area contributed by atoms with Crippen LogP contribution < -0.4 is 11.1 Å². The lowest BCUT2D eigenvalue weighted by atomic mass is 9.91. The number of nitrogens with one attached hydrogen (secondary N) is 1. The van der Waals surface area contributed by atoms with Gasteiger partial charge in [-0.15, -0.1) is 24.0 Å². The standard InChI is InChI=1S/C19H36N4O.HI/c1-2-21-19(22-14-16-9-6-4-3-5-7-10-16)23-12-8-11-17(15-23)13-18(20)24;/h16-17H,2-15H2,1H3,(H2,20,24)(H,21,22);1H. The second kappa shape index (κ2) is 12.8. The monoisotopic (exact) mass is 464 g/mol. The van der Waals surface area contributed by atoms with Gasteiger partial charge in [-0.3, -0.25) is 9.79 Å². The van der Waals surface area contributed by atoms with Crippen molar-refractivity contribution in [2.24, 2.45) is 22.6 Å². The van der Waals surface area contributed by atoms with Gasteiger partial charge < -0.3 is 16.0 Å². The van der Waals surface area contributed by atoms with E-state index in [-0.39, 0.29) is 29.9 Å². The molecule has 1 aliphatic heterocycles. The van der Waals surface area contributed by atoms with Crippen molar-refractivity contribution in [3.05, 3.63) is 0 Å². The van der Waals surface area contributed by atoms with Crippen LogP contribution in [0.3, 0.4) is 0 Å². The number of hydrogen-bond acceptors (Lipinski definition) is 2. The number of halogens is 1. The normalized spacial score (nSPS) is 23.3. The molecule has 0 radical (unpaired) electrons. The molecule has 0 bridgehead atoms. The molecular weight excluding hydrogens is 427 g/mol. The highest BCUT2D eigenvalue weighted by Crippen LogP contribution is 2.23. The Hall–Kier alpha value is -0.530. The van der Waals surface area contributed by atoms with Crippen molar-refractivity contribution in [3.63, 3.8) is 0 Å². The number of carbonyl (C=O) groups is 1. The number of hydrogen-bond donors (Lipinski definition) is 2. The number of likely N-dealkylation sites (tertiary alicyclic amines) is 1. The van der Waals surface area contributed by atoms with Crippen LogP contribution in [0.4, 0.5) is 0 Å². The van der Waals surface area contributed by atoms with Crippen LogP contribution in [-0.2, 0) is 4.79 Å². The molecule has 6 heteroatoms. The number of aliphatic imine (C=N–C) groups is 1. The van der Waals surface area contributed by atoms with Crippen LogP contribution in [-0.4, -0.2) is 42.9 Å². The van der Waals surface area contributed by atoms with Crippen LogP contribution in [0.2, 0.25) is 0 Å². The molecule has 1 amide bonds. The van der Waals surface area contributed by atoms with E-state index in [0.717, 1.165) is 50.9 Å². The second-order valence-corrected chi connectivity index (χ2v) is 7.53. The molecule has 1 unspecified atom stereocenters. The van der Waals surface area contributed by atoms with Crippen LogP contribution in [0.25, 0.3) is 0 Å². The molecule has 25 heavy (non-hydrogen) atoms. The maximum absolute atomic E-state index is 11.2. The van der Waals surface area contributed by atoms with Crippen molar-refractivity contribution in [2.45, 2.75) is 71.1 Å². The first-order valence-corrected chi connectivity index (χ1v) is 10.0. The van der Waals surface area contributed by atoms with Gasteiger partial charge in [0.1, 0.15) is 0 Å². The maximum Gasteiger partial charge on any atom is 0.217 e. The van der Waals surface area contributed by atoms with Gasteiger partial charge in [0.15, 0.2) is 5.96 Å². The van der Waals surface area contributed by atoms with E-state index in [1.54, 1.807) is 0 Å². The number of nitrogens with two attached hydrogens (primary N) is 1. The fourth-order valence-corrected chi connectivity index (χ4v) is 4.07. The van der Waals surface area contributed by atoms with E-state index < -0.39 is 0 Å². The van der Waals surface area contributed by atoms with E-state index >= 15 is 0 Å². The van der Waals surface area contributed by atoms with Crippen LogP contribution in [0.1, 0.15) is 71.1 Å². The summed E-state index contributed by atoms with van der Waals surface area (Å²) in [5, 5.41) is 3.45. The Kier molecular flexibility index (Phi) is 11.5. The van der Waals surface area contributed by atoms with Gasteiger partial charge in [-0.1, -0.05) is 32.1 Å². The van der Waals surface area contributed by atoms with Gasteiger partial charge in [-0.2, -0.15) is 0 Å². The van der Waals surface area contributed by atoms with Gasteiger partial charge in [0, 0.05) is 32.6 Å². The van der Waals surface area contributed by atoms with Crippen LogP contribution in [0.5, 0.6) is 0 Å². The summed E-state index contributed by atoms with van der Waals surface area (Å²) in [6.45, 7) is 5.89. The molecule has 0 aromatic rings. The quantitative estimate of drug-likeness (QED) is 0.372. The molecular formula is C19H37IN4O. The molecule has 1 heterocycles. The molecule has 1 aliphatic carbocycles. The molecule has 0 aromatic heterocycles. The zero-order valence-electron chi connectivity index (χ0n) is 15.8. The molecule has 1 saturated carbocycles. The molecule has 1 saturated heterocycles. The number of nitrogens with zero attached hydrogens (tertiary/aromatic N) is 2. The first kappa shape index (κ1) is 22.5. The summed E-state index contributed by atoms with van der Waals surface area (Å²) in [7, 11) is 0. The number of carbonyl (C=O) groups excluding carboxylic acids is 1. The Bertz CT molecular complexity index is 408. The maximum atomic E-state index is 11.2. The van der Waals surface area contributed by atoms with E-state index in [4.69, 9.17) is 10.7 Å². The summed E-state index contributed by atoms with van der Waals surface area (Å²) in [4.78, 5) is 18.5. The third-order valence-electron chi connectivity index (χ3n) is 5.37.